The van der Waals surface area contributed by atoms with Crippen molar-refractivity contribution < 1.29 is 14.4 Å². The quantitative estimate of drug-likeness (QED) is 0.583. The molecular weight excluding hydrogens is 368 g/mol. The zero-order valence-corrected chi connectivity index (χ0v) is 17.8. The Labute approximate surface area is 173 Å². The largest absolute Gasteiger partial charge is 0.356 e. The molecule has 0 bridgehead atoms. The van der Waals surface area contributed by atoms with E-state index in [-0.39, 0.29) is 24.3 Å². The second-order valence-electron chi connectivity index (χ2n) is 7.87. The summed E-state index contributed by atoms with van der Waals surface area (Å²) in [5.74, 6) is -0.198. The lowest BCUT2D eigenvalue weighted by molar-refractivity contribution is -0.126. The number of rotatable bonds is 8. The van der Waals surface area contributed by atoms with Crippen molar-refractivity contribution in [3.05, 3.63) is 29.3 Å². The van der Waals surface area contributed by atoms with Gasteiger partial charge in [-0.15, -0.1) is 0 Å². The van der Waals surface area contributed by atoms with E-state index in [1.807, 2.05) is 36.9 Å². The van der Waals surface area contributed by atoms with Crippen LogP contribution in [0.1, 0.15) is 50.2 Å². The van der Waals surface area contributed by atoms with E-state index in [0.717, 1.165) is 49.8 Å². The number of piperidine rings is 1. The lowest BCUT2D eigenvalue weighted by Gasteiger charge is -2.30. The van der Waals surface area contributed by atoms with Gasteiger partial charge >= 0.3 is 6.03 Å². The summed E-state index contributed by atoms with van der Waals surface area (Å²) < 4.78 is 0. The van der Waals surface area contributed by atoms with Gasteiger partial charge < -0.3 is 10.6 Å². The molecule has 1 fully saturated rings. The first-order valence-electron chi connectivity index (χ1n) is 10.6. The molecule has 7 heteroatoms. The number of amides is 4. The van der Waals surface area contributed by atoms with Crippen molar-refractivity contribution in [2.24, 2.45) is 5.92 Å². The van der Waals surface area contributed by atoms with Gasteiger partial charge in [-0.2, -0.15) is 0 Å². The molecule has 29 heavy (non-hydrogen) atoms. The Bertz CT molecular complexity index is 712. The fraction of sp³-hybridized carbons (Fsp3) is 0.591. The van der Waals surface area contributed by atoms with Crippen molar-refractivity contribution in [2.45, 2.75) is 52.9 Å². The summed E-state index contributed by atoms with van der Waals surface area (Å²) in [7, 11) is 0. The molecule has 1 heterocycles. The average Bonchev–Trinajstić information content (AvgIpc) is 2.67. The summed E-state index contributed by atoms with van der Waals surface area (Å²) in [5.41, 5.74) is 2.75. The number of imide groups is 1. The number of urea groups is 1. The Hall–Kier alpha value is -2.41. The molecule has 0 saturated carbocycles. The van der Waals surface area contributed by atoms with Crippen molar-refractivity contribution in [1.29, 1.82) is 0 Å². The third-order valence-electron chi connectivity index (χ3n) is 5.29. The number of nitrogens with one attached hydrogen (secondary N) is 3. The molecule has 0 atom stereocenters. The molecule has 1 aliphatic rings. The minimum absolute atomic E-state index is 0.0174. The maximum atomic E-state index is 12.2. The highest BCUT2D eigenvalue weighted by Gasteiger charge is 2.26. The Morgan fingerprint density at radius 2 is 1.83 bits per heavy atom. The SMILES string of the molecule is CCCCCNC(=O)C1CCN(CC(=O)NC(=O)Nc2ccc(C)cc2C)CC1. The number of aryl methyl sites for hydroxylation is 2. The number of hydrogen-bond donors (Lipinski definition) is 3. The Morgan fingerprint density at radius 3 is 2.48 bits per heavy atom. The lowest BCUT2D eigenvalue weighted by atomic mass is 9.96. The van der Waals surface area contributed by atoms with Crippen molar-refractivity contribution in [3.63, 3.8) is 0 Å². The Kier molecular flexibility index (Phi) is 9.12. The maximum absolute atomic E-state index is 12.2. The molecule has 0 aliphatic carbocycles. The van der Waals surface area contributed by atoms with Crippen LogP contribution in [0.15, 0.2) is 18.2 Å². The van der Waals surface area contributed by atoms with E-state index in [0.29, 0.717) is 18.8 Å². The van der Waals surface area contributed by atoms with Gasteiger partial charge in [0.05, 0.1) is 6.54 Å². The number of benzene rings is 1. The van der Waals surface area contributed by atoms with Gasteiger partial charge in [-0.25, -0.2) is 4.79 Å². The van der Waals surface area contributed by atoms with Crippen LogP contribution in [0.3, 0.4) is 0 Å². The molecule has 0 unspecified atom stereocenters. The van der Waals surface area contributed by atoms with Gasteiger partial charge in [-0.1, -0.05) is 37.5 Å². The number of nitrogens with zero attached hydrogens (tertiary/aromatic N) is 1. The highest BCUT2D eigenvalue weighted by Crippen LogP contribution is 2.17. The Morgan fingerprint density at radius 1 is 1.10 bits per heavy atom. The molecule has 0 radical (unpaired) electrons. The van der Waals surface area contributed by atoms with E-state index < -0.39 is 6.03 Å². The molecule has 7 nitrogen and oxygen atoms in total. The second kappa shape index (κ2) is 11.6. The van der Waals surface area contributed by atoms with Gasteiger partial charge in [-0.3, -0.25) is 19.8 Å². The lowest BCUT2D eigenvalue weighted by Crippen LogP contribution is -2.46. The average molecular weight is 403 g/mol. The van der Waals surface area contributed by atoms with Crippen molar-refractivity contribution >= 4 is 23.5 Å². The summed E-state index contributed by atoms with van der Waals surface area (Å²) >= 11 is 0. The minimum atomic E-state index is -0.525. The van der Waals surface area contributed by atoms with Crippen LogP contribution in [-0.2, 0) is 9.59 Å². The van der Waals surface area contributed by atoms with Gasteiger partial charge in [0.25, 0.3) is 0 Å². The molecule has 4 amide bonds. The first-order valence-corrected chi connectivity index (χ1v) is 10.6. The topological polar surface area (TPSA) is 90.5 Å². The number of carbonyl (C=O) groups is 3. The zero-order chi connectivity index (χ0) is 21.2. The van der Waals surface area contributed by atoms with Crippen LogP contribution in [-0.4, -0.2) is 48.9 Å². The molecule has 3 N–H and O–H groups in total. The van der Waals surface area contributed by atoms with Crippen molar-refractivity contribution in [2.75, 3.05) is 31.5 Å². The molecule has 2 rings (SSSR count). The van der Waals surface area contributed by atoms with Gasteiger partial charge in [-0.05, 0) is 57.8 Å². The van der Waals surface area contributed by atoms with E-state index >= 15 is 0 Å². The van der Waals surface area contributed by atoms with E-state index in [2.05, 4.69) is 22.9 Å². The number of hydrogen-bond acceptors (Lipinski definition) is 4. The summed E-state index contributed by atoms with van der Waals surface area (Å²) in [6.07, 6.45) is 4.76. The Balaban J connectivity index is 1.68. The summed E-state index contributed by atoms with van der Waals surface area (Å²) in [6.45, 7) is 8.30. The number of anilines is 1. The van der Waals surface area contributed by atoms with E-state index in [1.54, 1.807) is 0 Å². The first-order chi connectivity index (χ1) is 13.9. The van der Waals surface area contributed by atoms with Crippen LogP contribution >= 0.6 is 0 Å². The predicted octanol–water partition coefficient (Wildman–Crippen LogP) is 2.97. The molecule has 1 aromatic rings. The first kappa shape index (κ1) is 22.9. The molecular formula is C22H34N4O3. The maximum Gasteiger partial charge on any atom is 0.325 e. The normalized spacial score (nSPS) is 15.0. The molecule has 1 saturated heterocycles. The van der Waals surface area contributed by atoms with E-state index in [1.165, 1.54) is 0 Å². The monoisotopic (exact) mass is 402 g/mol. The van der Waals surface area contributed by atoms with Crippen LogP contribution in [0.25, 0.3) is 0 Å². The van der Waals surface area contributed by atoms with Crippen LogP contribution in [0.4, 0.5) is 10.5 Å². The van der Waals surface area contributed by atoms with E-state index in [9.17, 15) is 14.4 Å². The molecule has 1 aromatic carbocycles. The molecule has 0 spiro atoms. The number of unbranched alkanes of at least 4 members (excludes halogenated alkanes) is 2. The minimum Gasteiger partial charge on any atom is -0.356 e. The summed E-state index contributed by atoms with van der Waals surface area (Å²) in [6, 6.07) is 5.19. The fourth-order valence-electron chi connectivity index (χ4n) is 3.56. The zero-order valence-electron chi connectivity index (χ0n) is 17.8. The van der Waals surface area contributed by atoms with Crippen LogP contribution < -0.4 is 16.0 Å². The number of likely N-dealkylation sites (tertiary alicyclic amines) is 1. The number of carbonyl (C=O) groups excluding carboxylic acids is 3. The van der Waals surface area contributed by atoms with Crippen molar-refractivity contribution in [1.82, 2.24) is 15.5 Å². The van der Waals surface area contributed by atoms with Gasteiger partial charge in [0.2, 0.25) is 11.8 Å². The third-order valence-corrected chi connectivity index (χ3v) is 5.29. The molecule has 0 aromatic heterocycles. The predicted molar refractivity (Wildman–Crippen MR) is 115 cm³/mol. The second-order valence-corrected chi connectivity index (χ2v) is 7.87. The molecule has 160 valence electrons. The van der Waals surface area contributed by atoms with Crippen LogP contribution in [0, 0.1) is 19.8 Å². The summed E-state index contributed by atoms with van der Waals surface area (Å²) in [4.78, 5) is 38.4. The van der Waals surface area contributed by atoms with Gasteiger partial charge in [0.1, 0.15) is 0 Å². The molecule has 1 aliphatic heterocycles. The van der Waals surface area contributed by atoms with Crippen LogP contribution in [0.2, 0.25) is 0 Å². The summed E-state index contributed by atoms with van der Waals surface area (Å²) in [5, 5.41) is 8.11. The fourth-order valence-corrected chi connectivity index (χ4v) is 3.56. The van der Waals surface area contributed by atoms with Gasteiger partial charge in [0, 0.05) is 18.2 Å². The standard InChI is InChI=1S/C22H34N4O3/c1-4-5-6-11-23-21(28)18-9-12-26(13-10-18)15-20(27)25-22(29)24-19-8-7-16(2)14-17(19)3/h7-8,14,18H,4-6,9-13,15H2,1-3H3,(H,23,28)(H2,24,25,27,29). The van der Waals surface area contributed by atoms with Crippen molar-refractivity contribution in [3.8, 4) is 0 Å². The van der Waals surface area contributed by atoms with E-state index in [4.69, 9.17) is 0 Å². The highest BCUT2D eigenvalue weighted by atomic mass is 16.2. The van der Waals surface area contributed by atoms with Gasteiger partial charge in [0.15, 0.2) is 0 Å². The van der Waals surface area contributed by atoms with Crippen LogP contribution in [0.5, 0.6) is 0 Å². The highest BCUT2D eigenvalue weighted by molar-refractivity contribution is 6.02. The smallest absolute Gasteiger partial charge is 0.325 e. The third kappa shape index (κ3) is 7.85.